The molecule has 1 aliphatic rings. The minimum atomic E-state index is -0.975. The molecule has 0 bridgehead atoms. The van der Waals surface area contributed by atoms with Crippen LogP contribution in [0.3, 0.4) is 0 Å². The molecule has 0 unspecified atom stereocenters. The Hall–Kier alpha value is -1.58. The minimum Gasteiger partial charge on any atom is -0.477 e. The maximum atomic E-state index is 10.7. The monoisotopic (exact) mass is 206 g/mol. The number of carboxylic acids is 1. The summed E-state index contributed by atoms with van der Waals surface area (Å²) in [6.07, 6.45) is 2.56. The molecule has 80 valence electrons. The van der Waals surface area contributed by atoms with Crippen LogP contribution in [0.1, 0.15) is 23.3 Å². The molecule has 0 spiro atoms. The van der Waals surface area contributed by atoms with Gasteiger partial charge in [0.25, 0.3) is 0 Å². The standard InChI is InChI=1S/C11H14N2O2/c1-13(7-8-5-6-8)10-4-2-3-9(12-10)11(14)15/h2-4,8H,5-7H2,1H3,(H,14,15). The number of nitrogens with zero attached hydrogens (tertiary/aromatic N) is 2. The van der Waals surface area contributed by atoms with Crippen molar-refractivity contribution in [3.05, 3.63) is 23.9 Å². The zero-order chi connectivity index (χ0) is 10.8. The van der Waals surface area contributed by atoms with Crippen LogP contribution in [0.4, 0.5) is 5.82 Å². The van der Waals surface area contributed by atoms with Crippen LogP contribution in [0.5, 0.6) is 0 Å². The summed E-state index contributed by atoms with van der Waals surface area (Å²) in [4.78, 5) is 16.8. The molecule has 0 atom stereocenters. The molecule has 1 heterocycles. The first-order valence-electron chi connectivity index (χ1n) is 5.08. The topological polar surface area (TPSA) is 53.4 Å². The molecule has 0 amide bonds. The number of hydrogen-bond donors (Lipinski definition) is 1. The molecule has 1 aromatic heterocycles. The molecule has 4 heteroatoms. The van der Waals surface area contributed by atoms with E-state index in [4.69, 9.17) is 5.11 Å². The van der Waals surface area contributed by atoms with E-state index in [1.165, 1.54) is 18.9 Å². The fraction of sp³-hybridized carbons (Fsp3) is 0.455. The Bertz CT molecular complexity index is 375. The maximum Gasteiger partial charge on any atom is 0.354 e. The zero-order valence-corrected chi connectivity index (χ0v) is 8.68. The zero-order valence-electron chi connectivity index (χ0n) is 8.68. The molecular weight excluding hydrogens is 192 g/mol. The van der Waals surface area contributed by atoms with Gasteiger partial charge in [0.05, 0.1) is 0 Å². The number of rotatable bonds is 4. The van der Waals surface area contributed by atoms with Crippen molar-refractivity contribution in [2.45, 2.75) is 12.8 Å². The van der Waals surface area contributed by atoms with Crippen LogP contribution in [-0.4, -0.2) is 29.7 Å². The molecule has 0 aromatic carbocycles. The van der Waals surface area contributed by atoms with Crippen molar-refractivity contribution in [3.8, 4) is 0 Å². The molecule has 15 heavy (non-hydrogen) atoms. The Labute approximate surface area is 88.6 Å². The highest BCUT2D eigenvalue weighted by Crippen LogP contribution is 2.30. The normalized spacial score (nSPS) is 15.0. The lowest BCUT2D eigenvalue weighted by Crippen LogP contribution is -2.21. The molecule has 1 fully saturated rings. The van der Waals surface area contributed by atoms with Crippen LogP contribution in [0.15, 0.2) is 18.2 Å². The third kappa shape index (κ3) is 2.46. The first kappa shape index (κ1) is 9.96. The van der Waals surface area contributed by atoms with Crippen LogP contribution < -0.4 is 4.90 Å². The van der Waals surface area contributed by atoms with Gasteiger partial charge in [-0.1, -0.05) is 6.07 Å². The highest BCUT2D eigenvalue weighted by molar-refractivity contribution is 5.85. The molecule has 1 aromatic rings. The summed E-state index contributed by atoms with van der Waals surface area (Å²) in [6.45, 7) is 0.968. The average molecular weight is 206 g/mol. The van der Waals surface area contributed by atoms with Crippen LogP contribution in [0.25, 0.3) is 0 Å². The Morgan fingerprint density at radius 3 is 2.93 bits per heavy atom. The summed E-state index contributed by atoms with van der Waals surface area (Å²) in [5.41, 5.74) is 0.107. The molecule has 1 aliphatic carbocycles. The lowest BCUT2D eigenvalue weighted by atomic mass is 10.3. The number of aromatic nitrogens is 1. The quantitative estimate of drug-likeness (QED) is 0.813. The van der Waals surface area contributed by atoms with E-state index in [1.54, 1.807) is 6.07 Å². The third-order valence-electron chi connectivity index (χ3n) is 2.57. The van der Waals surface area contributed by atoms with E-state index >= 15 is 0 Å². The second-order valence-corrected chi connectivity index (χ2v) is 4.01. The van der Waals surface area contributed by atoms with E-state index in [9.17, 15) is 4.79 Å². The molecule has 1 N–H and O–H groups in total. The van der Waals surface area contributed by atoms with Crippen LogP contribution in [-0.2, 0) is 0 Å². The van der Waals surface area contributed by atoms with E-state index in [-0.39, 0.29) is 5.69 Å². The highest BCUT2D eigenvalue weighted by Gasteiger charge is 2.23. The fourth-order valence-corrected chi connectivity index (χ4v) is 1.54. The van der Waals surface area contributed by atoms with Gasteiger partial charge in [-0.2, -0.15) is 0 Å². The van der Waals surface area contributed by atoms with Crippen molar-refractivity contribution >= 4 is 11.8 Å². The van der Waals surface area contributed by atoms with Crippen molar-refractivity contribution in [1.29, 1.82) is 0 Å². The summed E-state index contributed by atoms with van der Waals surface area (Å²) >= 11 is 0. The van der Waals surface area contributed by atoms with Crippen molar-refractivity contribution in [2.75, 3.05) is 18.5 Å². The molecule has 1 saturated carbocycles. The second kappa shape index (κ2) is 3.88. The van der Waals surface area contributed by atoms with Gasteiger partial charge in [0.2, 0.25) is 0 Å². The second-order valence-electron chi connectivity index (χ2n) is 4.01. The van der Waals surface area contributed by atoms with Gasteiger partial charge in [-0.3, -0.25) is 0 Å². The van der Waals surface area contributed by atoms with Gasteiger partial charge in [-0.15, -0.1) is 0 Å². The lowest BCUT2D eigenvalue weighted by molar-refractivity contribution is 0.0690. The van der Waals surface area contributed by atoms with Crippen molar-refractivity contribution in [1.82, 2.24) is 4.98 Å². The summed E-state index contributed by atoms with van der Waals surface area (Å²) in [5, 5.41) is 8.80. The number of anilines is 1. The molecule has 4 nitrogen and oxygen atoms in total. The Morgan fingerprint density at radius 1 is 1.60 bits per heavy atom. The lowest BCUT2D eigenvalue weighted by Gasteiger charge is -2.17. The maximum absolute atomic E-state index is 10.7. The number of hydrogen-bond acceptors (Lipinski definition) is 3. The van der Waals surface area contributed by atoms with E-state index in [0.29, 0.717) is 0 Å². The van der Waals surface area contributed by atoms with Gasteiger partial charge >= 0.3 is 5.97 Å². The number of pyridine rings is 1. The molecule has 0 aliphatic heterocycles. The molecule has 0 radical (unpaired) electrons. The van der Waals surface area contributed by atoms with Crippen molar-refractivity contribution in [2.24, 2.45) is 5.92 Å². The summed E-state index contributed by atoms with van der Waals surface area (Å²) < 4.78 is 0. The molecule has 0 saturated heterocycles. The minimum absolute atomic E-state index is 0.107. The van der Waals surface area contributed by atoms with Crippen molar-refractivity contribution in [3.63, 3.8) is 0 Å². The fourth-order valence-electron chi connectivity index (χ4n) is 1.54. The smallest absolute Gasteiger partial charge is 0.354 e. The SMILES string of the molecule is CN(CC1CC1)c1cccc(C(=O)O)n1. The average Bonchev–Trinajstić information content (AvgIpc) is 3.02. The first-order valence-corrected chi connectivity index (χ1v) is 5.08. The molecular formula is C11H14N2O2. The van der Waals surface area contributed by atoms with Gasteiger partial charge in [0, 0.05) is 13.6 Å². The summed E-state index contributed by atoms with van der Waals surface area (Å²) in [6, 6.07) is 5.08. The van der Waals surface area contributed by atoms with Crippen molar-refractivity contribution < 1.29 is 9.90 Å². The third-order valence-corrected chi connectivity index (χ3v) is 2.57. The van der Waals surface area contributed by atoms with E-state index in [2.05, 4.69) is 4.98 Å². The van der Waals surface area contributed by atoms with E-state index < -0.39 is 5.97 Å². The number of carbonyl (C=O) groups is 1. The van der Waals surface area contributed by atoms with Gasteiger partial charge < -0.3 is 10.0 Å². The number of carboxylic acid groups (broad SMARTS) is 1. The van der Waals surface area contributed by atoms with E-state index in [0.717, 1.165) is 18.3 Å². The van der Waals surface area contributed by atoms with Crippen LogP contribution in [0.2, 0.25) is 0 Å². The van der Waals surface area contributed by atoms with Crippen LogP contribution in [0, 0.1) is 5.92 Å². The van der Waals surface area contributed by atoms with Gasteiger partial charge in [-0.25, -0.2) is 9.78 Å². The Morgan fingerprint density at radius 2 is 2.33 bits per heavy atom. The van der Waals surface area contributed by atoms with Crippen LogP contribution >= 0.6 is 0 Å². The summed E-state index contributed by atoms with van der Waals surface area (Å²) in [5.74, 6) is 0.531. The largest absolute Gasteiger partial charge is 0.477 e. The summed E-state index contributed by atoms with van der Waals surface area (Å²) in [7, 11) is 1.95. The van der Waals surface area contributed by atoms with Gasteiger partial charge in [-0.05, 0) is 30.9 Å². The predicted molar refractivity (Wildman–Crippen MR) is 57.2 cm³/mol. The Kier molecular flexibility index (Phi) is 2.58. The van der Waals surface area contributed by atoms with E-state index in [1.807, 2.05) is 18.0 Å². The number of aromatic carboxylic acids is 1. The Balaban J connectivity index is 2.11. The first-order chi connectivity index (χ1) is 7.16. The molecule has 2 rings (SSSR count). The predicted octanol–water partition coefficient (Wildman–Crippen LogP) is 1.63. The highest BCUT2D eigenvalue weighted by atomic mass is 16.4. The van der Waals surface area contributed by atoms with Gasteiger partial charge in [0.1, 0.15) is 5.82 Å². The van der Waals surface area contributed by atoms with Gasteiger partial charge in [0.15, 0.2) is 5.69 Å².